The number of benzene rings is 1. The summed E-state index contributed by atoms with van der Waals surface area (Å²) in [5.74, 6) is -1.22. The topological polar surface area (TPSA) is 50.2 Å². The number of aromatic carboxylic acids is 1. The molecule has 2 aromatic rings. The Morgan fingerprint density at radius 2 is 1.85 bits per heavy atom. The van der Waals surface area contributed by atoms with Crippen molar-refractivity contribution in [2.24, 2.45) is 0 Å². The summed E-state index contributed by atoms with van der Waals surface area (Å²) in [7, 11) is 0. The lowest BCUT2D eigenvalue weighted by Gasteiger charge is -2.09. The van der Waals surface area contributed by atoms with Gasteiger partial charge < -0.3 is 5.11 Å². The van der Waals surface area contributed by atoms with Crippen LogP contribution in [0.2, 0.25) is 0 Å². The lowest BCUT2D eigenvalue weighted by Crippen LogP contribution is -2.05. The summed E-state index contributed by atoms with van der Waals surface area (Å²) in [6.07, 6.45) is -4.44. The van der Waals surface area contributed by atoms with Crippen molar-refractivity contribution < 1.29 is 23.1 Å². The maximum Gasteiger partial charge on any atom is 0.416 e. The molecule has 1 N–H and O–H groups in total. The van der Waals surface area contributed by atoms with Gasteiger partial charge in [-0.15, -0.1) is 0 Å². The Bertz CT molecular complexity index is 666. The van der Waals surface area contributed by atoms with E-state index in [1.54, 1.807) is 13.0 Å². The molecule has 2 rings (SSSR count). The average molecular weight is 281 g/mol. The van der Waals surface area contributed by atoms with E-state index in [4.69, 9.17) is 5.11 Å². The largest absolute Gasteiger partial charge is 0.477 e. The van der Waals surface area contributed by atoms with Gasteiger partial charge in [0.25, 0.3) is 0 Å². The molecule has 104 valence electrons. The van der Waals surface area contributed by atoms with Crippen LogP contribution in [0.5, 0.6) is 0 Å². The maximum absolute atomic E-state index is 12.7. The molecular weight excluding hydrogens is 271 g/mol. The molecule has 6 heteroatoms. The fourth-order valence-electron chi connectivity index (χ4n) is 1.82. The van der Waals surface area contributed by atoms with E-state index >= 15 is 0 Å². The first-order valence-corrected chi connectivity index (χ1v) is 5.67. The second kappa shape index (κ2) is 4.96. The van der Waals surface area contributed by atoms with Gasteiger partial charge in [0.15, 0.2) is 0 Å². The Kier molecular flexibility index (Phi) is 3.48. The lowest BCUT2D eigenvalue weighted by atomic mass is 10.0. The number of halogens is 3. The van der Waals surface area contributed by atoms with Crippen LogP contribution in [0.15, 0.2) is 36.4 Å². The van der Waals surface area contributed by atoms with Gasteiger partial charge in [-0.2, -0.15) is 13.2 Å². The van der Waals surface area contributed by atoms with Crippen LogP contribution in [-0.4, -0.2) is 16.1 Å². The molecule has 0 aliphatic carbocycles. The Labute approximate surface area is 112 Å². The third-order valence-corrected chi connectivity index (χ3v) is 2.70. The Morgan fingerprint density at radius 3 is 2.45 bits per heavy atom. The molecule has 20 heavy (non-hydrogen) atoms. The van der Waals surface area contributed by atoms with Gasteiger partial charge >= 0.3 is 12.1 Å². The Balaban J connectivity index is 2.54. The third-order valence-electron chi connectivity index (χ3n) is 2.70. The molecule has 0 saturated carbocycles. The molecule has 0 amide bonds. The molecule has 1 aromatic carbocycles. The Hall–Kier alpha value is -2.37. The van der Waals surface area contributed by atoms with Gasteiger partial charge in [0, 0.05) is 5.69 Å². The van der Waals surface area contributed by atoms with Crippen molar-refractivity contribution in [2.75, 3.05) is 0 Å². The van der Waals surface area contributed by atoms with Crippen molar-refractivity contribution in [1.29, 1.82) is 0 Å². The number of pyridine rings is 1. The van der Waals surface area contributed by atoms with Crippen molar-refractivity contribution in [3.05, 3.63) is 53.3 Å². The molecule has 0 atom stereocenters. The first-order chi connectivity index (χ1) is 9.27. The fraction of sp³-hybridized carbons (Fsp3) is 0.143. The van der Waals surface area contributed by atoms with Gasteiger partial charge in [0.2, 0.25) is 0 Å². The molecule has 0 spiro atoms. The SMILES string of the molecule is Cc1cc(-c2cccc(C(F)(F)F)c2)cc(C(=O)O)n1. The van der Waals surface area contributed by atoms with Crippen molar-refractivity contribution in [3.63, 3.8) is 0 Å². The minimum Gasteiger partial charge on any atom is -0.477 e. The first-order valence-electron chi connectivity index (χ1n) is 5.67. The van der Waals surface area contributed by atoms with Gasteiger partial charge in [-0.25, -0.2) is 9.78 Å². The molecule has 0 bridgehead atoms. The predicted molar refractivity (Wildman–Crippen MR) is 66.4 cm³/mol. The fourth-order valence-corrected chi connectivity index (χ4v) is 1.82. The summed E-state index contributed by atoms with van der Waals surface area (Å²) in [6, 6.07) is 7.53. The number of carboxylic acid groups (broad SMARTS) is 1. The number of carboxylic acids is 1. The van der Waals surface area contributed by atoms with Crippen molar-refractivity contribution in [1.82, 2.24) is 4.98 Å². The summed E-state index contributed by atoms with van der Waals surface area (Å²) < 4.78 is 38.0. The first kappa shape index (κ1) is 14.0. The summed E-state index contributed by atoms with van der Waals surface area (Å²) in [5, 5.41) is 8.92. The number of alkyl halides is 3. The van der Waals surface area contributed by atoms with E-state index in [1.165, 1.54) is 18.2 Å². The summed E-state index contributed by atoms with van der Waals surface area (Å²) >= 11 is 0. The number of aryl methyl sites for hydroxylation is 1. The molecule has 3 nitrogen and oxygen atoms in total. The van der Waals surface area contributed by atoms with Crippen LogP contribution in [0, 0.1) is 6.92 Å². The highest BCUT2D eigenvalue weighted by Crippen LogP contribution is 2.32. The second-order valence-corrected chi connectivity index (χ2v) is 4.27. The molecule has 0 radical (unpaired) electrons. The van der Waals surface area contributed by atoms with E-state index in [0.717, 1.165) is 12.1 Å². The van der Waals surface area contributed by atoms with E-state index in [1.807, 2.05) is 0 Å². The average Bonchev–Trinajstić information content (AvgIpc) is 2.37. The van der Waals surface area contributed by atoms with E-state index in [-0.39, 0.29) is 5.69 Å². The van der Waals surface area contributed by atoms with Gasteiger partial charge in [0.1, 0.15) is 5.69 Å². The number of nitrogens with zero attached hydrogens (tertiary/aromatic N) is 1. The second-order valence-electron chi connectivity index (χ2n) is 4.27. The number of rotatable bonds is 2. The molecule has 0 aliphatic rings. The van der Waals surface area contributed by atoms with Crippen LogP contribution in [0.25, 0.3) is 11.1 Å². The molecule has 1 aromatic heterocycles. The van der Waals surface area contributed by atoms with Gasteiger partial charge in [-0.1, -0.05) is 12.1 Å². The zero-order valence-electron chi connectivity index (χ0n) is 10.4. The highest BCUT2D eigenvalue weighted by molar-refractivity contribution is 5.87. The zero-order chi connectivity index (χ0) is 14.9. The van der Waals surface area contributed by atoms with E-state index in [0.29, 0.717) is 16.8 Å². The number of hydrogen-bond acceptors (Lipinski definition) is 2. The lowest BCUT2D eigenvalue weighted by molar-refractivity contribution is -0.137. The van der Waals surface area contributed by atoms with Crippen LogP contribution in [0.4, 0.5) is 13.2 Å². The maximum atomic E-state index is 12.7. The molecule has 0 unspecified atom stereocenters. The van der Waals surface area contributed by atoms with Crippen LogP contribution in [-0.2, 0) is 6.18 Å². The minimum absolute atomic E-state index is 0.197. The van der Waals surface area contributed by atoms with Crippen LogP contribution in [0.3, 0.4) is 0 Å². The molecule has 0 fully saturated rings. The van der Waals surface area contributed by atoms with E-state index in [9.17, 15) is 18.0 Å². The molecular formula is C14H10F3NO2. The van der Waals surface area contributed by atoms with Crippen LogP contribution < -0.4 is 0 Å². The van der Waals surface area contributed by atoms with Crippen LogP contribution >= 0.6 is 0 Å². The number of aromatic nitrogens is 1. The third kappa shape index (κ3) is 2.96. The highest BCUT2D eigenvalue weighted by Gasteiger charge is 2.30. The number of hydrogen-bond donors (Lipinski definition) is 1. The van der Waals surface area contributed by atoms with Crippen molar-refractivity contribution >= 4 is 5.97 Å². The van der Waals surface area contributed by atoms with Crippen molar-refractivity contribution in [2.45, 2.75) is 13.1 Å². The monoisotopic (exact) mass is 281 g/mol. The number of carbonyl (C=O) groups is 1. The normalized spacial score (nSPS) is 11.4. The van der Waals surface area contributed by atoms with Gasteiger partial charge in [-0.05, 0) is 42.3 Å². The molecule has 0 aliphatic heterocycles. The van der Waals surface area contributed by atoms with Crippen LogP contribution in [0.1, 0.15) is 21.7 Å². The van der Waals surface area contributed by atoms with E-state index in [2.05, 4.69) is 4.98 Å². The summed E-state index contributed by atoms with van der Waals surface area (Å²) in [4.78, 5) is 14.7. The van der Waals surface area contributed by atoms with Gasteiger partial charge in [-0.3, -0.25) is 0 Å². The predicted octanol–water partition coefficient (Wildman–Crippen LogP) is 3.77. The highest BCUT2D eigenvalue weighted by atomic mass is 19.4. The minimum atomic E-state index is -4.44. The molecule has 0 saturated heterocycles. The summed E-state index contributed by atoms with van der Waals surface area (Å²) in [6.45, 7) is 1.59. The standard InChI is InChI=1S/C14H10F3NO2/c1-8-5-10(7-12(18-8)13(19)20)9-3-2-4-11(6-9)14(15,16)17/h2-7H,1H3,(H,19,20). The Morgan fingerprint density at radius 1 is 1.15 bits per heavy atom. The van der Waals surface area contributed by atoms with Crippen molar-refractivity contribution in [3.8, 4) is 11.1 Å². The van der Waals surface area contributed by atoms with Gasteiger partial charge in [0.05, 0.1) is 5.56 Å². The summed E-state index contributed by atoms with van der Waals surface area (Å²) in [5.41, 5.74) is 0.143. The van der Waals surface area contributed by atoms with E-state index < -0.39 is 17.7 Å². The zero-order valence-corrected chi connectivity index (χ0v) is 10.4. The molecule has 1 heterocycles. The quantitative estimate of drug-likeness (QED) is 0.911. The smallest absolute Gasteiger partial charge is 0.416 e.